The highest BCUT2D eigenvalue weighted by molar-refractivity contribution is 6.27. The smallest absolute Gasteiger partial charge is 0.248 e. The number of Topliss-reactive ketones (excluding diaryl/α,β-unsaturated/α-hetero) is 1. The number of rotatable bonds is 2. The van der Waals surface area contributed by atoms with Gasteiger partial charge in [0.15, 0.2) is 23.1 Å². The van der Waals surface area contributed by atoms with Crippen LogP contribution in [0.25, 0.3) is 0 Å². The predicted molar refractivity (Wildman–Crippen MR) is 69.2 cm³/mol. The summed E-state index contributed by atoms with van der Waals surface area (Å²) in [6.45, 7) is 3.22. The van der Waals surface area contributed by atoms with E-state index in [9.17, 15) is 14.4 Å². The van der Waals surface area contributed by atoms with Crippen LogP contribution in [0, 0.1) is 0 Å². The summed E-state index contributed by atoms with van der Waals surface area (Å²) in [6.07, 6.45) is 2.12. The molecule has 0 atom stereocenters. The number of fused-ring (bicyclic) bond motifs is 2. The first-order valence-electron chi connectivity index (χ1n) is 6.26. The van der Waals surface area contributed by atoms with Crippen LogP contribution in [0.4, 0.5) is 0 Å². The monoisotopic (exact) mass is 269 g/mol. The van der Waals surface area contributed by atoms with Crippen LogP contribution >= 0.6 is 0 Å². The third-order valence-electron chi connectivity index (χ3n) is 3.39. The molecule has 5 nitrogen and oxygen atoms in total. The third-order valence-corrected chi connectivity index (χ3v) is 3.39. The van der Waals surface area contributed by atoms with Crippen LogP contribution in [-0.2, 0) is 6.42 Å². The minimum Gasteiger partial charge on any atom is -0.449 e. The van der Waals surface area contributed by atoms with Gasteiger partial charge in [0.2, 0.25) is 5.78 Å². The molecule has 0 aliphatic heterocycles. The Morgan fingerprint density at radius 3 is 2.70 bits per heavy atom. The van der Waals surface area contributed by atoms with E-state index in [0.717, 1.165) is 5.56 Å². The Morgan fingerprint density at radius 1 is 1.30 bits per heavy atom. The molecule has 5 heteroatoms. The van der Waals surface area contributed by atoms with Crippen LogP contribution in [0.15, 0.2) is 22.7 Å². The first-order chi connectivity index (χ1) is 9.54. The van der Waals surface area contributed by atoms with Crippen molar-refractivity contribution in [3.63, 3.8) is 0 Å². The SMILES string of the molecule is CCc1ccnc2c1C(=O)c1cc(C(C)=O)oc1C2=O. The van der Waals surface area contributed by atoms with Crippen molar-refractivity contribution in [2.24, 2.45) is 0 Å². The lowest BCUT2D eigenvalue weighted by molar-refractivity contribution is 0.0943. The Kier molecular flexibility index (Phi) is 2.64. The van der Waals surface area contributed by atoms with Gasteiger partial charge in [0.25, 0.3) is 0 Å². The van der Waals surface area contributed by atoms with Crippen molar-refractivity contribution in [1.82, 2.24) is 4.98 Å². The molecule has 0 fully saturated rings. The fourth-order valence-corrected chi connectivity index (χ4v) is 2.37. The Labute approximate surface area is 114 Å². The van der Waals surface area contributed by atoms with Gasteiger partial charge in [-0.05, 0) is 24.1 Å². The normalized spacial score (nSPS) is 13.1. The van der Waals surface area contributed by atoms with Crippen LogP contribution < -0.4 is 0 Å². The second-order valence-electron chi connectivity index (χ2n) is 4.62. The number of hydrogen-bond donors (Lipinski definition) is 0. The molecule has 0 aromatic carbocycles. The van der Waals surface area contributed by atoms with Gasteiger partial charge in [-0.1, -0.05) is 6.92 Å². The highest BCUT2D eigenvalue weighted by atomic mass is 16.4. The van der Waals surface area contributed by atoms with Gasteiger partial charge in [-0.3, -0.25) is 19.4 Å². The van der Waals surface area contributed by atoms with E-state index in [1.54, 1.807) is 6.07 Å². The van der Waals surface area contributed by atoms with E-state index in [1.165, 1.54) is 19.2 Å². The molecule has 3 rings (SSSR count). The molecule has 0 saturated heterocycles. The van der Waals surface area contributed by atoms with E-state index in [-0.39, 0.29) is 34.3 Å². The lowest BCUT2D eigenvalue weighted by Crippen LogP contribution is -2.22. The van der Waals surface area contributed by atoms with Crippen LogP contribution in [-0.4, -0.2) is 22.3 Å². The Morgan fingerprint density at radius 2 is 2.05 bits per heavy atom. The number of aromatic nitrogens is 1. The fourth-order valence-electron chi connectivity index (χ4n) is 2.37. The van der Waals surface area contributed by atoms with E-state index in [2.05, 4.69) is 4.98 Å². The van der Waals surface area contributed by atoms with E-state index in [0.29, 0.717) is 12.0 Å². The van der Waals surface area contributed by atoms with E-state index >= 15 is 0 Å². The molecule has 0 N–H and O–H groups in total. The molecule has 0 saturated carbocycles. The predicted octanol–water partition coefficient (Wildman–Crippen LogP) is 2.21. The van der Waals surface area contributed by atoms with Crippen molar-refractivity contribution in [2.45, 2.75) is 20.3 Å². The summed E-state index contributed by atoms with van der Waals surface area (Å²) >= 11 is 0. The highest BCUT2D eigenvalue weighted by Crippen LogP contribution is 2.30. The average molecular weight is 269 g/mol. The second-order valence-corrected chi connectivity index (χ2v) is 4.62. The molecule has 1 aliphatic carbocycles. The zero-order valence-electron chi connectivity index (χ0n) is 11.0. The van der Waals surface area contributed by atoms with Crippen LogP contribution in [0.2, 0.25) is 0 Å². The molecule has 2 aromatic rings. The van der Waals surface area contributed by atoms with Gasteiger partial charge >= 0.3 is 0 Å². The topological polar surface area (TPSA) is 77.2 Å². The first-order valence-corrected chi connectivity index (χ1v) is 6.26. The molecule has 1 aliphatic rings. The molecule has 2 heterocycles. The summed E-state index contributed by atoms with van der Waals surface area (Å²) < 4.78 is 5.22. The molecule has 0 bridgehead atoms. The van der Waals surface area contributed by atoms with Gasteiger partial charge < -0.3 is 4.42 Å². The lowest BCUT2D eigenvalue weighted by atomic mass is 9.88. The molecule has 0 unspecified atom stereocenters. The van der Waals surface area contributed by atoms with E-state index in [4.69, 9.17) is 4.42 Å². The summed E-state index contributed by atoms with van der Waals surface area (Å²) in [4.78, 5) is 40.2. The maximum atomic E-state index is 12.5. The molecule has 0 amide bonds. The summed E-state index contributed by atoms with van der Waals surface area (Å²) in [5.41, 5.74) is 1.34. The molecule has 2 aromatic heterocycles. The van der Waals surface area contributed by atoms with Gasteiger partial charge in [0, 0.05) is 13.1 Å². The van der Waals surface area contributed by atoms with Crippen molar-refractivity contribution in [1.29, 1.82) is 0 Å². The molecule has 0 radical (unpaired) electrons. The quantitative estimate of drug-likeness (QED) is 0.666. The van der Waals surface area contributed by atoms with Crippen molar-refractivity contribution in [2.75, 3.05) is 0 Å². The Hall–Kier alpha value is -2.56. The molecule has 100 valence electrons. The Bertz CT molecular complexity index is 770. The maximum absolute atomic E-state index is 12.5. The highest BCUT2D eigenvalue weighted by Gasteiger charge is 2.36. The third kappa shape index (κ3) is 1.56. The maximum Gasteiger partial charge on any atom is 0.248 e. The van der Waals surface area contributed by atoms with Gasteiger partial charge in [0.05, 0.1) is 11.1 Å². The summed E-state index contributed by atoms with van der Waals surface area (Å²) in [7, 11) is 0. The standard InChI is InChI=1S/C15H11NO4/c1-3-8-4-5-16-12-11(8)13(18)9-6-10(7(2)17)20-15(9)14(12)19/h4-6H,3H2,1-2H3. The second kappa shape index (κ2) is 4.23. The molecular formula is C15H11NO4. The molecular weight excluding hydrogens is 258 g/mol. The summed E-state index contributed by atoms with van der Waals surface area (Å²) in [6, 6.07) is 3.06. The number of carbonyl (C=O) groups excluding carboxylic acids is 3. The summed E-state index contributed by atoms with van der Waals surface area (Å²) in [5, 5.41) is 0. The van der Waals surface area contributed by atoms with E-state index in [1.807, 2.05) is 6.92 Å². The van der Waals surface area contributed by atoms with Crippen molar-refractivity contribution >= 4 is 17.3 Å². The van der Waals surface area contributed by atoms with Crippen molar-refractivity contribution < 1.29 is 18.8 Å². The van der Waals surface area contributed by atoms with Gasteiger partial charge in [0.1, 0.15) is 5.69 Å². The number of pyridine rings is 1. The van der Waals surface area contributed by atoms with Gasteiger partial charge in [-0.25, -0.2) is 0 Å². The Balaban J connectivity index is 2.28. The van der Waals surface area contributed by atoms with Crippen LogP contribution in [0.5, 0.6) is 0 Å². The lowest BCUT2D eigenvalue weighted by Gasteiger charge is -2.14. The first kappa shape index (κ1) is 12.5. The summed E-state index contributed by atoms with van der Waals surface area (Å²) in [5.74, 6) is -1.16. The number of hydrogen-bond acceptors (Lipinski definition) is 5. The van der Waals surface area contributed by atoms with Crippen LogP contribution in [0.3, 0.4) is 0 Å². The molecule has 0 spiro atoms. The molecule has 20 heavy (non-hydrogen) atoms. The van der Waals surface area contributed by atoms with Gasteiger partial charge in [-0.2, -0.15) is 0 Å². The van der Waals surface area contributed by atoms with Crippen molar-refractivity contribution in [3.8, 4) is 0 Å². The van der Waals surface area contributed by atoms with Crippen LogP contribution in [0.1, 0.15) is 62.1 Å². The number of aryl methyl sites for hydroxylation is 1. The largest absolute Gasteiger partial charge is 0.449 e. The zero-order chi connectivity index (χ0) is 14.4. The van der Waals surface area contributed by atoms with Crippen molar-refractivity contribution in [3.05, 3.63) is 52.2 Å². The number of furan rings is 1. The minimum absolute atomic E-state index is 0.0163. The number of ketones is 3. The minimum atomic E-state index is -0.447. The average Bonchev–Trinajstić information content (AvgIpc) is 2.89. The number of carbonyl (C=O) groups is 3. The van der Waals surface area contributed by atoms with Gasteiger partial charge in [-0.15, -0.1) is 0 Å². The zero-order valence-corrected chi connectivity index (χ0v) is 11.0. The number of nitrogens with zero attached hydrogens (tertiary/aromatic N) is 1. The fraction of sp³-hybridized carbons (Fsp3) is 0.200. The van der Waals surface area contributed by atoms with E-state index < -0.39 is 5.78 Å².